The molecule has 99 heavy (non-hydrogen) atoms. The van der Waals surface area contributed by atoms with Crippen molar-refractivity contribution in [2.24, 2.45) is 29.6 Å². The third-order valence-electron chi connectivity index (χ3n) is 17.9. The summed E-state index contributed by atoms with van der Waals surface area (Å²) in [6.07, 6.45) is 0.122. The Bertz CT molecular complexity index is 3100. The molecule has 0 aromatic heterocycles. The van der Waals surface area contributed by atoms with E-state index in [1.807, 2.05) is 45.9 Å². The number of imide groups is 1. The Morgan fingerprint density at radius 2 is 1.32 bits per heavy atom. The first-order chi connectivity index (χ1) is 46.4. The molecule has 1 unspecified atom stereocenters. The van der Waals surface area contributed by atoms with Gasteiger partial charge in [-0.2, -0.15) is 0 Å². The predicted octanol–water partition coefficient (Wildman–Crippen LogP) is 5.47. The number of likely N-dealkylation sites (tertiary alicyclic amines) is 1. The lowest BCUT2D eigenvalue weighted by atomic mass is 9.89. The van der Waals surface area contributed by atoms with Gasteiger partial charge < -0.3 is 65.8 Å². The number of carbonyl (C=O) groups is 12. The molecule has 0 radical (unpaired) electrons. The molecule has 27 nitrogen and oxygen atoms in total. The van der Waals surface area contributed by atoms with Gasteiger partial charge in [-0.3, -0.25) is 62.5 Å². The molecule has 4 rings (SSSR count). The maximum absolute atomic E-state index is 14.8. The zero-order chi connectivity index (χ0) is 74.3. The number of hydrogen-bond acceptors (Lipinski definition) is 17. The Morgan fingerprint density at radius 3 is 1.88 bits per heavy atom. The lowest BCUT2D eigenvalue weighted by Gasteiger charge is -2.41. The minimum absolute atomic E-state index is 0.0870. The fraction of sp³-hybridized carbons (Fsp3) is 0.639. The number of rotatable bonds is 37. The molecule has 13 atom stereocenters. The van der Waals surface area contributed by atoms with Gasteiger partial charge in [0.1, 0.15) is 42.4 Å². The molecule has 2 heterocycles. The molecule has 2 aromatic carbocycles. The van der Waals surface area contributed by atoms with Gasteiger partial charge in [0, 0.05) is 72.1 Å². The fourth-order valence-corrected chi connectivity index (χ4v) is 12.3. The van der Waals surface area contributed by atoms with Gasteiger partial charge in [0.05, 0.1) is 48.8 Å². The van der Waals surface area contributed by atoms with E-state index in [4.69, 9.17) is 18.9 Å². The maximum Gasteiger partial charge on any atom is 0.410 e. The van der Waals surface area contributed by atoms with E-state index >= 15 is 0 Å². The van der Waals surface area contributed by atoms with Crippen molar-refractivity contribution < 1.29 is 81.6 Å². The van der Waals surface area contributed by atoms with Crippen LogP contribution in [0.3, 0.4) is 0 Å². The number of benzene rings is 2. The minimum atomic E-state index is -1.33. The first-order valence-electron chi connectivity index (χ1n) is 34.4. The summed E-state index contributed by atoms with van der Waals surface area (Å²) in [6.45, 7) is 24.5. The van der Waals surface area contributed by atoms with E-state index in [0.29, 0.717) is 36.9 Å². The molecule has 2 aliphatic rings. The summed E-state index contributed by atoms with van der Waals surface area (Å²) in [6, 6.07) is 7.69. The monoisotopic (exact) mass is 1390 g/mol. The van der Waals surface area contributed by atoms with Crippen LogP contribution in [0.5, 0.6) is 0 Å². The van der Waals surface area contributed by atoms with E-state index < -0.39 is 149 Å². The summed E-state index contributed by atoms with van der Waals surface area (Å²) in [7, 11) is 6.04. The number of amides is 11. The van der Waals surface area contributed by atoms with Crippen LogP contribution in [0.4, 0.5) is 10.5 Å². The van der Waals surface area contributed by atoms with Crippen molar-refractivity contribution in [3.8, 4) is 0 Å². The Morgan fingerprint density at radius 1 is 0.697 bits per heavy atom. The number of ether oxygens (including phenoxy) is 4. The highest BCUT2D eigenvalue weighted by Crippen LogP contribution is 2.31. The Hall–Kier alpha value is -8.30. The van der Waals surface area contributed by atoms with Crippen LogP contribution < -0.4 is 31.9 Å². The molecule has 0 bridgehead atoms. The number of anilines is 1. The lowest BCUT2D eigenvalue weighted by Crippen LogP contribution is -2.60. The third kappa shape index (κ3) is 24.8. The molecule has 0 spiro atoms. The van der Waals surface area contributed by atoms with E-state index in [2.05, 4.69) is 31.9 Å². The highest BCUT2D eigenvalue weighted by Gasteiger charge is 2.44. The summed E-state index contributed by atoms with van der Waals surface area (Å²) in [5.41, 5.74) is 0.570. The number of methoxy groups -OCH3 is 2. The second kappa shape index (κ2) is 38.9. The number of aliphatic hydroxyl groups excluding tert-OH is 1. The van der Waals surface area contributed by atoms with E-state index in [0.717, 1.165) is 22.0 Å². The summed E-state index contributed by atoms with van der Waals surface area (Å²) in [4.78, 5) is 168. The SMILES string of the molecule is CC[C@H](C)[C@@H]([C@@H](CC(=O)N1CCC[C@H]1[C@H](OC)[C@@H](C)C(=O)N[C@H](C)[C@@H](O)c1ccccc1)OC)N(C)C(=O)[C@@H](NC(=O)C(C(C)C)N(C)C(=O)OCc1ccc(NC(=O)[C@H](CCC(=O)OC(C)(C)C)NC(=O)[C@H](C)NC(=O)[C@@H](CC(C)C)NC(=O)CCN2C(=O)C=CC2=O)cc1)C(C)C. The summed E-state index contributed by atoms with van der Waals surface area (Å²) >= 11 is 0. The molecule has 7 N–H and O–H groups in total. The molecule has 2 aliphatic heterocycles. The van der Waals surface area contributed by atoms with Crippen LogP contribution >= 0.6 is 0 Å². The number of nitrogens with zero attached hydrogens (tertiary/aromatic N) is 4. The van der Waals surface area contributed by atoms with Crippen molar-refractivity contribution in [3.05, 3.63) is 77.9 Å². The van der Waals surface area contributed by atoms with Crippen LogP contribution in [0.2, 0.25) is 0 Å². The Kier molecular flexibility index (Phi) is 32.7. The van der Waals surface area contributed by atoms with Crippen molar-refractivity contribution in [1.82, 2.24) is 46.2 Å². The van der Waals surface area contributed by atoms with Crippen LogP contribution in [0, 0.1) is 29.6 Å². The predicted molar refractivity (Wildman–Crippen MR) is 370 cm³/mol. The molecule has 1 saturated heterocycles. The zero-order valence-electron chi connectivity index (χ0n) is 61.1. The third-order valence-corrected chi connectivity index (χ3v) is 17.9. The standard InChI is InChI=1S/C72H110N10O17/c1-19-44(8)62(54(96-17)39-58(86)81-36-23-26-53(81)64(97-18)45(9)65(89)73-46(10)63(88)49-24-21-20-22-25-49)79(15)70(94)60(42(4)5)78-69(93)61(43(6)7)80(16)71(95)98-40-48-27-29-50(30-28-48)75-67(91)51(31-34-59(87)99-72(12,13)14)77-66(90)47(11)74-68(92)52(38-41(2)3)76-55(83)35-37-82-56(84)32-33-57(82)85/h20-22,24-25,27-30,32-33,41-47,51-54,60-64,88H,19,23,26,31,34-40H2,1-18H3,(H,73,89)(H,74,92)(H,75,91)(H,76,83)(H,77,90)(H,78,93)/t44-,45+,46+,47-,51-,52+,53-,54+,60-,61?,62-,63+,64+/m0/s1. The first kappa shape index (κ1) is 83.1. The van der Waals surface area contributed by atoms with Gasteiger partial charge >= 0.3 is 12.1 Å². The second-order valence-corrected chi connectivity index (χ2v) is 28.1. The molecular formula is C72H110N10O17. The number of nitrogens with one attached hydrogen (secondary N) is 6. The number of likely N-dealkylation sites (N-methyl/N-ethyl adjacent to an activating group) is 2. The molecule has 0 aliphatic carbocycles. The van der Waals surface area contributed by atoms with Crippen LogP contribution in [-0.4, -0.2) is 203 Å². The average molecular weight is 1390 g/mol. The van der Waals surface area contributed by atoms with Crippen molar-refractivity contribution in [1.29, 1.82) is 0 Å². The van der Waals surface area contributed by atoms with Crippen molar-refractivity contribution in [3.63, 3.8) is 0 Å². The highest BCUT2D eigenvalue weighted by molar-refractivity contribution is 6.13. The normalized spacial score (nSPS) is 17.6. The Labute approximate surface area is 583 Å². The van der Waals surface area contributed by atoms with Crippen LogP contribution in [0.15, 0.2) is 66.7 Å². The van der Waals surface area contributed by atoms with Gasteiger partial charge in [-0.1, -0.05) is 111 Å². The smallest absolute Gasteiger partial charge is 0.410 e. The largest absolute Gasteiger partial charge is 0.460 e. The van der Waals surface area contributed by atoms with Crippen LogP contribution in [0.25, 0.3) is 0 Å². The molecule has 27 heteroatoms. The van der Waals surface area contributed by atoms with Gasteiger partial charge in [0.15, 0.2) is 0 Å². The fourth-order valence-electron chi connectivity index (χ4n) is 12.3. The summed E-state index contributed by atoms with van der Waals surface area (Å²) < 4.78 is 23.2. The molecule has 2 aromatic rings. The van der Waals surface area contributed by atoms with Gasteiger partial charge in [-0.05, 0) is 107 Å². The first-order valence-corrected chi connectivity index (χ1v) is 34.4. The lowest BCUT2D eigenvalue weighted by molar-refractivity contribution is -0.155. The van der Waals surface area contributed by atoms with E-state index in [9.17, 15) is 62.6 Å². The minimum Gasteiger partial charge on any atom is -0.460 e. The quantitative estimate of drug-likeness (QED) is 0.0325. The topological polar surface area (TPSA) is 347 Å². The van der Waals surface area contributed by atoms with Gasteiger partial charge in [-0.15, -0.1) is 0 Å². The summed E-state index contributed by atoms with van der Waals surface area (Å²) in [5, 5.41) is 27.4. The van der Waals surface area contributed by atoms with Gasteiger partial charge in [0.25, 0.3) is 11.8 Å². The van der Waals surface area contributed by atoms with Gasteiger partial charge in [0.2, 0.25) is 47.3 Å². The number of carbonyl (C=O) groups excluding carboxylic acids is 12. The highest BCUT2D eigenvalue weighted by atomic mass is 16.6. The number of esters is 1. The second-order valence-electron chi connectivity index (χ2n) is 28.1. The number of aliphatic hydroxyl groups is 1. The maximum atomic E-state index is 14.8. The molecular weight excluding hydrogens is 1280 g/mol. The molecule has 550 valence electrons. The van der Waals surface area contributed by atoms with E-state index in [-0.39, 0.29) is 74.6 Å². The van der Waals surface area contributed by atoms with Crippen LogP contribution in [-0.2, 0) is 78.3 Å². The van der Waals surface area contributed by atoms with Crippen molar-refractivity contribution in [2.75, 3.05) is 46.7 Å². The van der Waals surface area contributed by atoms with E-state index in [1.165, 1.54) is 45.2 Å². The van der Waals surface area contributed by atoms with E-state index in [1.54, 1.807) is 98.5 Å². The van der Waals surface area contributed by atoms with Crippen molar-refractivity contribution >= 4 is 76.8 Å². The Balaban J connectivity index is 1.40. The molecule has 1 fully saturated rings. The average Bonchev–Trinajstić information content (AvgIpc) is 1.79. The summed E-state index contributed by atoms with van der Waals surface area (Å²) in [5.74, 6) is -8.06. The van der Waals surface area contributed by atoms with Crippen molar-refractivity contribution in [2.45, 2.75) is 227 Å². The zero-order valence-corrected chi connectivity index (χ0v) is 61.1. The molecule has 11 amide bonds. The van der Waals surface area contributed by atoms with Gasteiger partial charge in [-0.25, -0.2) is 4.79 Å². The van der Waals surface area contributed by atoms with Crippen LogP contribution in [0.1, 0.15) is 166 Å². The number of hydrogen-bond donors (Lipinski definition) is 7. The molecule has 0 saturated carbocycles.